The van der Waals surface area contributed by atoms with E-state index < -0.39 is 0 Å². The highest BCUT2D eigenvalue weighted by Crippen LogP contribution is 2.34. The van der Waals surface area contributed by atoms with Crippen molar-refractivity contribution in [2.75, 3.05) is 13.1 Å². The van der Waals surface area contributed by atoms with E-state index in [1.54, 1.807) is 0 Å². The number of fused-ring (bicyclic) bond motifs is 2. The molecule has 2 aliphatic heterocycles. The van der Waals surface area contributed by atoms with Crippen LogP contribution < -0.4 is 5.32 Å². The van der Waals surface area contributed by atoms with E-state index in [-0.39, 0.29) is 0 Å². The maximum absolute atomic E-state index is 3.67. The molecule has 2 rings (SSSR count). The normalized spacial score (nSPS) is 35.8. The van der Waals surface area contributed by atoms with Crippen LogP contribution in [0.5, 0.6) is 0 Å². The lowest BCUT2D eigenvalue weighted by molar-refractivity contribution is 0.0140. The molecule has 0 saturated carbocycles. The molecule has 2 bridgehead atoms. The zero-order valence-corrected chi connectivity index (χ0v) is 11.9. The molecule has 0 aliphatic carbocycles. The Morgan fingerprint density at radius 3 is 2.35 bits per heavy atom. The maximum Gasteiger partial charge on any atom is 0.0113 e. The Bertz CT molecular complexity index is 215. The van der Waals surface area contributed by atoms with Gasteiger partial charge in [-0.2, -0.15) is 0 Å². The predicted octanol–water partition coefficient (Wildman–Crippen LogP) is 3.03. The fourth-order valence-corrected chi connectivity index (χ4v) is 3.72. The van der Waals surface area contributed by atoms with Gasteiger partial charge in [0.15, 0.2) is 0 Å². The first-order valence-corrected chi connectivity index (χ1v) is 7.73. The van der Waals surface area contributed by atoms with Crippen LogP contribution >= 0.6 is 0 Å². The van der Waals surface area contributed by atoms with Gasteiger partial charge in [0.25, 0.3) is 0 Å². The van der Waals surface area contributed by atoms with Crippen molar-refractivity contribution < 1.29 is 0 Å². The number of piperidine rings is 2. The first-order chi connectivity index (χ1) is 8.24. The van der Waals surface area contributed by atoms with E-state index in [1.807, 2.05) is 0 Å². The number of rotatable bonds is 5. The van der Waals surface area contributed by atoms with Crippen LogP contribution in [0.15, 0.2) is 0 Å². The average molecular weight is 238 g/mol. The van der Waals surface area contributed by atoms with Gasteiger partial charge in [0.2, 0.25) is 0 Å². The van der Waals surface area contributed by atoms with Gasteiger partial charge < -0.3 is 5.32 Å². The van der Waals surface area contributed by atoms with Crippen molar-refractivity contribution in [2.45, 2.75) is 77.4 Å². The molecule has 0 aromatic rings. The molecule has 0 aromatic carbocycles. The van der Waals surface area contributed by atoms with Crippen LogP contribution in [0.3, 0.4) is 0 Å². The summed E-state index contributed by atoms with van der Waals surface area (Å²) in [6.45, 7) is 9.44. The van der Waals surface area contributed by atoms with E-state index in [1.165, 1.54) is 45.1 Å². The summed E-state index contributed by atoms with van der Waals surface area (Å²) in [5, 5.41) is 3.67. The molecule has 2 fully saturated rings. The van der Waals surface area contributed by atoms with Crippen molar-refractivity contribution >= 4 is 0 Å². The summed E-state index contributed by atoms with van der Waals surface area (Å²) >= 11 is 0. The Balaban J connectivity index is 1.94. The molecule has 0 radical (unpaired) electrons. The van der Waals surface area contributed by atoms with Gasteiger partial charge >= 0.3 is 0 Å². The third-order valence-electron chi connectivity index (χ3n) is 4.84. The highest BCUT2D eigenvalue weighted by molar-refractivity contribution is 4.95. The number of nitrogens with one attached hydrogen (secondary N) is 1. The molecule has 0 amide bonds. The SMILES string of the molecule is CCNC1CC2CCCC(C1)N2CC(C)CC. The standard InChI is InChI=1S/C15H30N2/c1-4-12(3)11-17-14-7-6-8-15(17)10-13(9-14)16-5-2/h12-16H,4-11H2,1-3H3. The Labute approximate surface area is 107 Å². The molecule has 0 aromatic heterocycles. The largest absolute Gasteiger partial charge is 0.314 e. The molecule has 2 heteroatoms. The van der Waals surface area contributed by atoms with Crippen molar-refractivity contribution in [3.8, 4) is 0 Å². The zero-order valence-electron chi connectivity index (χ0n) is 11.9. The summed E-state index contributed by atoms with van der Waals surface area (Å²) in [5.41, 5.74) is 0. The molecule has 2 aliphatic rings. The molecule has 100 valence electrons. The number of hydrogen-bond acceptors (Lipinski definition) is 2. The lowest BCUT2D eigenvalue weighted by Gasteiger charge is -2.50. The molecular weight excluding hydrogens is 208 g/mol. The van der Waals surface area contributed by atoms with Crippen molar-refractivity contribution in [3.63, 3.8) is 0 Å². The summed E-state index contributed by atoms with van der Waals surface area (Å²) in [5.74, 6) is 0.869. The summed E-state index contributed by atoms with van der Waals surface area (Å²) in [4.78, 5) is 2.85. The topological polar surface area (TPSA) is 15.3 Å². The quantitative estimate of drug-likeness (QED) is 0.792. The number of hydrogen-bond donors (Lipinski definition) is 1. The molecule has 0 spiro atoms. The summed E-state index contributed by atoms with van der Waals surface area (Å²) < 4.78 is 0. The van der Waals surface area contributed by atoms with E-state index in [9.17, 15) is 0 Å². The van der Waals surface area contributed by atoms with E-state index in [0.29, 0.717) is 0 Å². The average Bonchev–Trinajstić information content (AvgIpc) is 2.30. The highest BCUT2D eigenvalue weighted by atomic mass is 15.2. The van der Waals surface area contributed by atoms with Gasteiger partial charge in [0.1, 0.15) is 0 Å². The summed E-state index contributed by atoms with van der Waals surface area (Å²) in [6.07, 6.45) is 8.45. The van der Waals surface area contributed by atoms with Crippen LogP contribution in [-0.2, 0) is 0 Å². The Hall–Kier alpha value is -0.0800. The summed E-state index contributed by atoms with van der Waals surface area (Å²) in [7, 11) is 0. The molecule has 2 heterocycles. The molecular formula is C15H30N2. The van der Waals surface area contributed by atoms with Gasteiger partial charge in [-0.15, -0.1) is 0 Å². The fraction of sp³-hybridized carbons (Fsp3) is 1.00. The van der Waals surface area contributed by atoms with Gasteiger partial charge in [-0.25, -0.2) is 0 Å². The third kappa shape index (κ3) is 3.23. The first-order valence-electron chi connectivity index (χ1n) is 7.73. The minimum Gasteiger partial charge on any atom is -0.314 e. The monoisotopic (exact) mass is 238 g/mol. The van der Waals surface area contributed by atoms with Crippen LogP contribution in [0.1, 0.15) is 59.3 Å². The minimum atomic E-state index is 0.795. The Morgan fingerprint density at radius 1 is 1.18 bits per heavy atom. The van der Waals surface area contributed by atoms with Gasteiger partial charge in [-0.05, 0) is 38.1 Å². The van der Waals surface area contributed by atoms with E-state index in [0.717, 1.165) is 30.6 Å². The van der Waals surface area contributed by atoms with E-state index in [4.69, 9.17) is 0 Å². The van der Waals surface area contributed by atoms with Crippen molar-refractivity contribution in [1.82, 2.24) is 10.2 Å². The lowest BCUT2D eigenvalue weighted by Crippen LogP contribution is -2.57. The zero-order chi connectivity index (χ0) is 12.3. The van der Waals surface area contributed by atoms with Gasteiger partial charge in [-0.1, -0.05) is 33.6 Å². The van der Waals surface area contributed by atoms with Crippen molar-refractivity contribution in [1.29, 1.82) is 0 Å². The maximum atomic E-state index is 3.67. The van der Waals surface area contributed by atoms with Crippen LogP contribution in [0.25, 0.3) is 0 Å². The molecule has 2 nitrogen and oxygen atoms in total. The Kier molecular flexibility index (Phi) is 4.87. The summed E-state index contributed by atoms with van der Waals surface area (Å²) in [6, 6.07) is 2.55. The second kappa shape index (κ2) is 6.19. The molecule has 1 N–H and O–H groups in total. The minimum absolute atomic E-state index is 0.795. The lowest BCUT2D eigenvalue weighted by atomic mass is 9.81. The Morgan fingerprint density at radius 2 is 1.82 bits per heavy atom. The van der Waals surface area contributed by atoms with Crippen LogP contribution in [0.2, 0.25) is 0 Å². The smallest absolute Gasteiger partial charge is 0.0113 e. The van der Waals surface area contributed by atoms with Crippen molar-refractivity contribution in [3.05, 3.63) is 0 Å². The fourth-order valence-electron chi connectivity index (χ4n) is 3.72. The second-order valence-corrected chi connectivity index (χ2v) is 6.17. The molecule has 3 unspecified atom stereocenters. The number of nitrogens with zero attached hydrogens (tertiary/aromatic N) is 1. The first kappa shape index (κ1) is 13.4. The van der Waals surface area contributed by atoms with Crippen LogP contribution in [0.4, 0.5) is 0 Å². The van der Waals surface area contributed by atoms with E-state index >= 15 is 0 Å². The third-order valence-corrected chi connectivity index (χ3v) is 4.84. The van der Waals surface area contributed by atoms with E-state index in [2.05, 4.69) is 31.0 Å². The molecule has 3 atom stereocenters. The van der Waals surface area contributed by atoms with Gasteiger partial charge in [-0.3, -0.25) is 4.90 Å². The molecule has 2 saturated heterocycles. The van der Waals surface area contributed by atoms with Gasteiger partial charge in [0, 0.05) is 24.7 Å². The highest BCUT2D eigenvalue weighted by Gasteiger charge is 2.37. The van der Waals surface area contributed by atoms with Crippen molar-refractivity contribution in [2.24, 2.45) is 5.92 Å². The van der Waals surface area contributed by atoms with Gasteiger partial charge in [0.05, 0.1) is 0 Å². The molecule has 17 heavy (non-hydrogen) atoms. The van der Waals surface area contributed by atoms with Crippen LogP contribution in [0, 0.1) is 5.92 Å². The second-order valence-electron chi connectivity index (χ2n) is 6.17. The van der Waals surface area contributed by atoms with Crippen LogP contribution in [-0.4, -0.2) is 36.1 Å². The predicted molar refractivity (Wildman–Crippen MR) is 74.3 cm³/mol.